The van der Waals surface area contributed by atoms with E-state index in [9.17, 15) is 9.59 Å². The number of likely N-dealkylation sites (tertiary alicyclic amines) is 1. The molecule has 2 aromatic heterocycles. The molecule has 0 radical (unpaired) electrons. The number of carbonyl (C=O) groups is 2. The van der Waals surface area contributed by atoms with Gasteiger partial charge in [0.15, 0.2) is 0 Å². The summed E-state index contributed by atoms with van der Waals surface area (Å²) in [6.07, 6.45) is 3.77. The second-order valence-corrected chi connectivity index (χ2v) is 7.67. The summed E-state index contributed by atoms with van der Waals surface area (Å²) in [6.45, 7) is 5.27. The highest BCUT2D eigenvalue weighted by Crippen LogP contribution is 2.36. The summed E-state index contributed by atoms with van der Waals surface area (Å²) in [6, 6.07) is 5.37. The SMILES string of the molecule is Cc1nc([C@@]2(C)CCCN(C(=O)c3ccccn3)C2)nc2c1CC(=O)N2C. The van der Waals surface area contributed by atoms with Crippen LogP contribution in [0.5, 0.6) is 0 Å². The van der Waals surface area contributed by atoms with Crippen molar-refractivity contribution in [1.82, 2.24) is 19.9 Å². The van der Waals surface area contributed by atoms with Gasteiger partial charge in [0.1, 0.15) is 17.3 Å². The molecule has 1 atom stereocenters. The number of likely N-dealkylation sites (N-methyl/N-ethyl adjacent to an activating group) is 1. The minimum absolute atomic E-state index is 0.0419. The van der Waals surface area contributed by atoms with Crippen LogP contribution in [0, 0.1) is 6.92 Å². The molecule has 0 aromatic carbocycles. The molecule has 140 valence electrons. The molecule has 2 amide bonds. The quantitative estimate of drug-likeness (QED) is 0.812. The standard InChI is InChI=1S/C20H23N5O2/c1-13-14-11-16(26)24(3)17(14)23-19(22-13)20(2)8-6-10-25(12-20)18(27)15-7-4-5-9-21-15/h4-5,7,9H,6,8,10-12H2,1-3H3/t20-/m0/s1. The van der Waals surface area contributed by atoms with Crippen molar-refractivity contribution in [1.29, 1.82) is 0 Å². The molecule has 1 fully saturated rings. The molecule has 1 saturated heterocycles. The first-order chi connectivity index (χ1) is 12.9. The van der Waals surface area contributed by atoms with Crippen molar-refractivity contribution >= 4 is 17.6 Å². The largest absolute Gasteiger partial charge is 0.336 e. The minimum Gasteiger partial charge on any atom is -0.336 e. The fraction of sp³-hybridized carbons (Fsp3) is 0.450. The highest BCUT2D eigenvalue weighted by molar-refractivity contribution is 6.00. The summed E-state index contributed by atoms with van der Waals surface area (Å²) < 4.78 is 0. The van der Waals surface area contributed by atoms with Crippen LogP contribution >= 0.6 is 0 Å². The van der Waals surface area contributed by atoms with Gasteiger partial charge in [-0.25, -0.2) is 9.97 Å². The van der Waals surface area contributed by atoms with E-state index < -0.39 is 0 Å². The number of amides is 2. The number of aromatic nitrogens is 3. The molecule has 0 bridgehead atoms. The third-order valence-corrected chi connectivity index (χ3v) is 5.62. The lowest BCUT2D eigenvalue weighted by Gasteiger charge is -2.39. The molecule has 4 rings (SSSR count). The summed E-state index contributed by atoms with van der Waals surface area (Å²) in [5.41, 5.74) is 1.86. The lowest BCUT2D eigenvalue weighted by Crippen LogP contribution is -2.48. The second-order valence-electron chi connectivity index (χ2n) is 7.67. The van der Waals surface area contributed by atoms with Gasteiger partial charge in [0.05, 0.1) is 6.42 Å². The van der Waals surface area contributed by atoms with Gasteiger partial charge in [-0.3, -0.25) is 19.5 Å². The smallest absolute Gasteiger partial charge is 0.272 e. The number of carbonyl (C=O) groups excluding carboxylic acids is 2. The van der Waals surface area contributed by atoms with Crippen LogP contribution in [0.25, 0.3) is 0 Å². The van der Waals surface area contributed by atoms with E-state index in [1.54, 1.807) is 30.3 Å². The summed E-state index contributed by atoms with van der Waals surface area (Å²) in [5, 5.41) is 0. The number of pyridine rings is 1. The van der Waals surface area contributed by atoms with Gasteiger partial charge in [-0.15, -0.1) is 0 Å². The molecule has 0 unspecified atom stereocenters. The van der Waals surface area contributed by atoms with Crippen molar-refractivity contribution in [3.05, 3.63) is 47.2 Å². The molecule has 0 saturated carbocycles. The first-order valence-corrected chi connectivity index (χ1v) is 9.24. The molecule has 0 N–H and O–H groups in total. The van der Waals surface area contributed by atoms with Crippen LogP contribution in [0.2, 0.25) is 0 Å². The lowest BCUT2D eigenvalue weighted by atomic mass is 9.80. The van der Waals surface area contributed by atoms with Crippen molar-refractivity contribution in [3.8, 4) is 0 Å². The van der Waals surface area contributed by atoms with Crippen molar-refractivity contribution < 1.29 is 9.59 Å². The van der Waals surface area contributed by atoms with E-state index in [4.69, 9.17) is 9.97 Å². The Morgan fingerprint density at radius 2 is 2.07 bits per heavy atom. The summed E-state index contributed by atoms with van der Waals surface area (Å²) in [4.78, 5) is 42.0. The van der Waals surface area contributed by atoms with Gasteiger partial charge < -0.3 is 4.90 Å². The molecule has 7 nitrogen and oxygen atoms in total. The Kier molecular flexibility index (Phi) is 4.17. The van der Waals surface area contributed by atoms with Crippen molar-refractivity contribution in [2.75, 3.05) is 25.0 Å². The Bertz CT molecular complexity index is 914. The molecule has 4 heterocycles. The first kappa shape index (κ1) is 17.6. The van der Waals surface area contributed by atoms with E-state index in [2.05, 4.69) is 11.9 Å². The van der Waals surface area contributed by atoms with Gasteiger partial charge >= 0.3 is 0 Å². The number of hydrogen-bond acceptors (Lipinski definition) is 5. The molecule has 2 aliphatic heterocycles. The molecule has 2 aliphatic rings. The predicted octanol–water partition coefficient (Wildman–Crippen LogP) is 1.89. The average molecular weight is 365 g/mol. The Morgan fingerprint density at radius 1 is 1.26 bits per heavy atom. The number of hydrogen-bond donors (Lipinski definition) is 0. The third-order valence-electron chi connectivity index (χ3n) is 5.62. The second kappa shape index (κ2) is 6.40. The molecular formula is C20H23N5O2. The summed E-state index contributed by atoms with van der Waals surface area (Å²) in [5.74, 6) is 1.39. The molecule has 0 aliphatic carbocycles. The highest BCUT2D eigenvalue weighted by atomic mass is 16.2. The minimum atomic E-state index is -0.352. The predicted molar refractivity (Wildman–Crippen MR) is 101 cm³/mol. The van der Waals surface area contributed by atoms with Gasteiger partial charge in [0.25, 0.3) is 5.91 Å². The number of fused-ring (bicyclic) bond motifs is 1. The molecule has 7 heteroatoms. The zero-order valence-electron chi connectivity index (χ0n) is 15.9. The summed E-state index contributed by atoms with van der Waals surface area (Å²) >= 11 is 0. The van der Waals surface area contributed by atoms with Crippen LogP contribution in [0.4, 0.5) is 5.82 Å². The number of anilines is 1. The van der Waals surface area contributed by atoms with Crippen molar-refractivity contribution in [3.63, 3.8) is 0 Å². The van der Waals surface area contributed by atoms with Gasteiger partial charge in [-0.1, -0.05) is 13.0 Å². The van der Waals surface area contributed by atoms with Gasteiger partial charge in [0, 0.05) is 43.0 Å². The Balaban J connectivity index is 1.65. The normalized spacial score (nSPS) is 22.1. The van der Waals surface area contributed by atoms with Gasteiger partial charge in [-0.05, 0) is 31.9 Å². The fourth-order valence-electron chi connectivity index (χ4n) is 3.97. The lowest BCUT2D eigenvalue weighted by molar-refractivity contribution is -0.117. The van der Waals surface area contributed by atoms with E-state index >= 15 is 0 Å². The fourth-order valence-corrected chi connectivity index (χ4v) is 3.97. The van der Waals surface area contributed by atoms with Crippen LogP contribution < -0.4 is 4.90 Å². The van der Waals surface area contributed by atoms with Crippen LogP contribution in [0.15, 0.2) is 24.4 Å². The van der Waals surface area contributed by atoms with E-state index in [0.717, 1.165) is 24.1 Å². The zero-order valence-corrected chi connectivity index (χ0v) is 15.9. The van der Waals surface area contributed by atoms with Crippen LogP contribution in [-0.4, -0.2) is 51.8 Å². The summed E-state index contributed by atoms with van der Waals surface area (Å²) in [7, 11) is 1.75. The topological polar surface area (TPSA) is 79.3 Å². The maximum Gasteiger partial charge on any atom is 0.272 e. The van der Waals surface area contributed by atoms with Gasteiger partial charge in [0.2, 0.25) is 5.91 Å². The van der Waals surface area contributed by atoms with E-state index in [0.29, 0.717) is 36.8 Å². The third kappa shape index (κ3) is 2.97. The van der Waals surface area contributed by atoms with Crippen LogP contribution in [0.1, 0.15) is 47.3 Å². The van der Waals surface area contributed by atoms with E-state index in [1.165, 1.54) is 0 Å². The average Bonchev–Trinajstić information content (AvgIpc) is 2.97. The number of rotatable bonds is 2. The monoisotopic (exact) mass is 365 g/mol. The van der Waals surface area contributed by atoms with Crippen molar-refractivity contribution in [2.45, 2.75) is 38.5 Å². The molecule has 0 spiro atoms. The maximum absolute atomic E-state index is 12.8. The first-order valence-electron chi connectivity index (χ1n) is 9.24. The van der Waals surface area contributed by atoms with Crippen molar-refractivity contribution in [2.24, 2.45) is 0 Å². The number of aryl methyl sites for hydroxylation is 1. The van der Waals surface area contributed by atoms with E-state index in [1.807, 2.05) is 17.9 Å². The molecular weight excluding hydrogens is 342 g/mol. The Morgan fingerprint density at radius 3 is 2.81 bits per heavy atom. The number of nitrogens with zero attached hydrogens (tertiary/aromatic N) is 5. The van der Waals surface area contributed by atoms with Crippen LogP contribution in [-0.2, 0) is 16.6 Å². The molecule has 27 heavy (non-hydrogen) atoms. The van der Waals surface area contributed by atoms with Crippen LogP contribution in [0.3, 0.4) is 0 Å². The Labute approximate surface area is 158 Å². The zero-order chi connectivity index (χ0) is 19.2. The maximum atomic E-state index is 12.8. The molecule has 2 aromatic rings. The number of piperidine rings is 1. The Hall–Kier alpha value is -2.83. The highest BCUT2D eigenvalue weighted by Gasteiger charge is 2.39. The van der Waals surface area contributed by atoms with Gasteiger partial charge in [-0.2, -0.15) is 0 Å². The van der Waals surface area contributed by atoms with E-state index in [-0.39, 0.29) is 17.2 Å².